The van der Waals surface area contributed by atoms with Crippen molar-refractivity contribution in [3.8, 4) is 11.6 Å². The normalized spacial score (nSPS) is 15.3. The predicted molar refractivity (Wildman–Crippen MR) is 157 cm³/mol. The van der Waals surface area contributed by atoms with Gasteiger partial charge in [0.1, 0.15) is 11.6 Å². The predicted octanol–water partition coefficient (Wildman–Crippen LogP) is 5.70. The van der Waals surface area contributed by atoms with Gasteiger partial charge in [0.2, 0.25) is 15.9 Å². The van der Waals surface area contributed by atoms with Crippen molar-refractivity contribution in [3.05, 3.63) is 109 Å². The van der Waals surface area contributed by atoms with Crippen LogP contribution < -0.4 is 19.7 Å². The van der Waals surface area contributed by atoms with E-state index in [4.69, 9.17) is 4.74 Å². The number of hydrogen-bond acceptors (Lipinski definition) is 6. The van der Waals surface area contributed by atoms with E-state index in [-0.39, 0.29) is 17.9 Å². The molecule has 1 aliphatic heterocycles. The van der Waals surface area contributed by atoms with Gasteiger partial charge in [-0.1, -0.05) is 24.3 Å². The molecule has 0 spiro atoms. The van der Waals surface area contributed by atoms with E-state index in [0.717, 1.165) is 30.5 Å². The first-order valence-corrected chi connectivity index (χ1v) is 14.9. The molecule has 1 saturated heterocycles. The molecule has 41 heavy (non-hydrogen) atoms. The smallest absolute Gasteiger partial charge is 0.326 e. The van der Waals surface area contributed by atoms with Crippen LogP contribution in [0, 0.1) is 5.82 Å². The maximum atomic E-state index is 13.4. The maximum absolute atomic E-state index is 13.4. The fraction of sp³-hybridized carbons (Fsp3) is 0.200. The second-order valence-electron chi connectivity index (χ2n) is 9.83. The van der Waals surface area contributed by atoms with E-state index in [0.29, 0.717) is 36.1 Å². The minimum Gasteiger partial charge on any atom is -0.439 e. The lowest BCUT2D eigenvalue weighted by Crippen LogP contribution is -2.44. The number of hydrogen-bond donors (Lipinski definition) is 2. The van der Waals surface area contributed by atoms with Gasteiger partial charge >= 0.3 is 6.03 Å². The number of likely N-dealkylation sites (tertiary alicyclic amines) is 1. The molecule has 1 aromatic heterocycles. The summed E-state index contributed by atoms with van der Waals surface area (Å²) in [5, 5.41) is 2.90. The van der Waals surface area contributed by atoms with Crippen molar-refractivity contribution >= 4 is 33.1 Å². The third-order valence-electron chi connectivity index (χ3n) is 6.55. The molecule has 0 radical (unpaired) electrons. The van der Waals surface area contributed by atoms with Gasteiger partial charge in [-0.25, -0.2) is 22.6 Å². The lowest BCUT2D eigenvalue weighted by Gasteiger charge is -2.29. The Morgan fingerprint density at radius 3 is 2.37 bits per heavy atom. The third-order valence-corrected chi connectivity index (χ3v) is 7.15. The second kappa shape index (κ2) is 12.4. The van der Waals surface area contributed by atoms with Crippen LogP contribution in [0.4, 0.5) is 26.2 Å². The zero-order chi connectivity index (χ0) is 28.8. The molecule has 4 aromatic rings. The number of ether oxygens (including phenoxy) is 1. The molecule has 0 bridgehead atoms. The number of amides is 2. The van der Waals surface area contributed by atoms with Crippen LogP contribution in [0.5, 0.6) is 11.6 Å². The highest BCUT2D eigenvalue weighted by molar-refractivity contribution is 7.92. The van der Waals surface area contributed by atoms with E-state index in [1.54, 1.807) is 53.6 Å². The van der Waals surface area contributed by atoms with Gasteiger partial charge < -0.3 is 10.1 Å². The lowest BCUT2D eigenvalue weighted by molar-refractivity contribution is 0.254. The number of carbonyl (C=O) groups is 1. The van der Waals surface area contributed by atoms with Crippen molar-refractivity contribution in [2.45, 2.75) is 19.0 Å². The molecule has 2 heterocycles. The second-order valence-corrected chi connectivity index (χ2v) is 11.6. The average Bonchev–Trinajstić information content (AvgIpc) is 3.40. The number of carbonyl (C=O) groups excluding carboxylic acids is 1. The van der Waals surface area contributed by atoms with Crippen LogP contribution >= 0.6 is 0 Å². The quantitative estimate of drug-likeness (QED) is 0.266. The number of aromatic nitrogens is 1. The summed E-state index contributed by atoms with van der Waals surface area (Å²) in [7, 11) is -3.35. The van der Waals surface area contributed by atoms with Crippen molar-refractivity contribution in [2.24, 2.45) is 0 Å². The average molecular weight is 576 g/mol. The molecule has 1 aliphatic rings. The summed E-state index contributed by atoms with van der Waals surface area (Å²) < 4.78 is 44.3. The number of pyridine rings is 1. The largest absolute Gasteiger partial charge is 0.439 e. The van der Waals surface area contributed by atoms with Crippen molar-refractivity contribution in [3.63, 3.8) is 0 Å². The summed E-state index contributed by atoms with van der Waals surface area (Å²) in [4.78, 5) is 21.8. The standard InChI is InChI=1S/C30H30FN5O4S/c1-41(38,39)34-25-12-14-28(15-13-25)40-29-16-7-22(19-32-29)20-35-18-17-27(21-35)36(26-5-3-2-4-6-26)30(37)33-24-10-8-23(31)9-11-24/h2-16,19,27,34H,17-18,20-21H2,1H3,(H,33,37)/t27-/m1/s1. The third kappa shape index (κ3) is 7.80. The minimum atomic E-state index is -3.35. The number of halogens is 1. The van der Waals surface area contributed by atoms with Gasteiger partial charge in [-0.2, -0.15) is 0 Å². The Labute approximate surface area is 238 Å². The monoisotopic (exact) mass is 575 g/mol. The Hall–Kier alpha value is -4.48. The van der Waals surface area contributed by atoms with Gasteiger partial charge in [-0.05, 0) is 72.6 Å². The van der Waals surface area contributed by atoms with E-state index < -0.39 is 10.0 Å². The molecular formula is C30H30FN5O4S. The highest BCUT2D eigenvalue weighted by atomic mass is 32.2. The molecule has 11 heteroatoms. The van der Waals surface area contributed by atoms with Gasteiger partial charge in [0.15, 0.2) is 0 Å². The van der Waals surface area contributed by atoms with E-state index in [1.807, 2.05) is 36.4 Å². The maximum Gasteiger partial charge on any atom is 0.326 e. The first-order chi connectivity index (χ1) is 19.7. The Morgan fingerprint density at radius 2 is 1.71 bits per heavy atom. The van der Waals surface area contributed by atoms with Crippen molar-refractivity contribution in [1.82, 2.24) is 9.88 Å². The van der Waals surface area contributed by atoms with Crippen LogP contribution in [-0.2, 0) is 16.6 Å². The summed E-state index contributed by atoms with van der Waals surface area (Å²) in [6.07, 6.45) is 3.65. The molecule has 1 fully saturated rings. The van der Waals surface area contributed by atoms with Crippen LogP contribution in [0.25, 0.3) is 0 Å². The number of nitrogens with zero attached hydrogens (tertiary/aromatic N) is 3. The van der Waals surface area contributed by atoms with E-state index in [1.165, 1.54) is 12.1 Å². The topological polar surface area (TPSA) is 104 Å². The number of para-hydroxylation sites is 1. The molecule has 2 amide bonds. The molecule has 212 valence electrons. The number of benzene rings is 3. The molecule has 3 aromatic carbocycles. The molecule has 2 N–H and O–H groups in total. The number of sulfonamides is 1. The summed E-state index contributed by atoms with van der Waals surface area (Å²) in [6, 6.07) is 25.2. The number of rotatable bonds is 9. The molecular weight excluding hydrogens is 545 g/mol. The Balaban J connectivity index is 1.20. The van der Waals surface area contributed by atoms with Gasteiger partial charge in [-0.3, -0.25) is 14.5 Å². The number of anilines is 3. The zero-order valence-corrected chi connectivity index (χ0v) is 23.2. The highest BCUT2D eigenvalue weighted by Gasteiger charge is 2.32. The Kier molecular flexibility index (Phi) is 8.46. The van der Waals surface area contributed by atoms with E-state index in [2.05, 4.69) is 19.9 Å². The Morgan fingerprint density at radius 1 is 1.00 bits per heavy atom. The van der Waals surface area contributed by atoms with Gasteiger partial charge in [0.05, 0.1) is 12.3 Å². The molecule has 9 nitrogen and oxygen atoms in total. The first kappa shape index (κ1) is 28.1. The zero-order valence-electron chi connectivity index (χ0n) is 22.4. The first-order valence-electron chi connectivity index (χ1n) is 13.1. The van der Waals surface area contributed by atoms with Gasteiger partial charge in [0, 0.05) is 49.0 Å². The molecule has 1 atom stereocenters. The van der Waals surface area contributed by atoms with Crippen molar-refractivity contribution < 1.29 is 22.3 Å². The van der Waals surface area contributed by atoms with Gasteiger partial charge in [-0.15, -0.1) is 0 Å². The highest BCUT2D eigenvalue weighted by Crippen LogP contribution is 2.26. The van der Waals surface area contributed by atoms with Crippen LogP contribution in [0.15, 0.2) is 97.2 Å². The molecule has 0 saturated carbocycles. The van der Waals surface area contributed by atoms with Gasteiger partial charge in [0.25, 0.3) is 0 Å². The fourth-order valence-electron chi connectivity index (χ4n) is 4.71. The fourth-order valence-corrected chi connectivity index (χ4v) is 5.28. The van der Waals surface area contributed by atoms with E-state index >= 15 is 0 Å². The lowest BCUT2D eigenvalue weighted by atomic mass is 10.2. The number of nitrogens with one attached hydrogen (secondary N) is 2. The molecule has 0 unspecified atom stereocenters. The molecule has 5 rings (SSSR count). The van der Waals surface area contributed by atoms with E-state index in [9.17, 15) is 17.6 Å². The SMILES string of the molecule is CS(=O)(=O)Nc1ccc(Oc2ccc(CN3CC[C@@H](N(C(=O)Nc4ccc(F)cc4)c4ccccc4)C3)cn2)cc1. The summed E-state index contributed by atoms with van der Waals surface area (Å²) >= 11 is 0. The summed E-state index contributed by atoms with van der Waals surface area (Å²) in [5.41, 5.74) is 2.78. The van der Waals surface area contributed by atoms with Crippen molar-refractivity contribution in [1.29, 1.82) is 0 Å². The van der Waals surface area contributed by atoms with Crippen LogP contribution in [-0.4, -0.2) is 49.7 Å². The summed E-state index contributed by atoms with van der Waals surface area (Å²) in [6.45, 7) is 2.15. The van der Waals surface area contributed by atoms with Crippen LogP contribution in [0.3, 0.4) is 0 Å². The van der Waals surface area contributed by atoms with Crippen LogP contribution in [0.2, 0.25) is 0 Å². The molecule has 0 aliphatic carbocycles. The van der Waals surface area contributed by atoms with Crippen molar-refractivity contribution in [2.75, 3.05) is 34.3 Å². The van der Waals surface area contributed by atoms with Crippen LogP contribution in [0.1, 0.15) is 12.0 Å². The minimum absolute atomic E-state index is 0.0476. The Bertz CT molecular complexity index is 1570. The number of urea groups is 1. The summed E-state index contributed by atoms with van der Waals surface area (Å²) in [5.74, 6) is 0.595.